The summed E-state index contributed by atoms with van der Waals surface area (Å²) in [4.78, 5) is 0. The van der Waals surface area contributed by atoms with Crippen LogP contribution >= 0.6 is 11.6 Å². The van der Waals surface area contributed by atoms with Gasteiger partial charge in [0.25, 0.3) is 0 Å². The number of hydrogen-bond donors (Lipinski definition) is 1. The minimum absolute atomic E-state index is 0.291. The summed E-state index contributed by atoms with van der Waals surface area (Å²) in [6, 6.07) is 6.27. The van der Waals surface area contributed by atoms with Crippen LogP contribution in [-0.4, -0.2) is 12.1 Å². The summed E-state index contributed by atoms with van der Waals surface area (Å²) in [6.07, 6.45) is 2.70. The summed E-state index contributed by atoms with van der Waals surface area (Å²) in [5, 5.41) is 4.35. The molecule has 1 aromatic rings. The smallest absolute Gasteiger partial charge is 0.144 e. The zero-order valence-corrected chi connectivity index (χ0v) is 11.0. The SMILES string of the molecule is CC1CC(C)C2Nc3ccc(Cl)cc3OC2C1. The van der Waals surface area contributed by atoms with Crippen LogP contribution in [0.3, 0.4) is 0 Å². The van der Waals surface area contributed by atoms with Crippen LogP contribution in [0, 0.1) is 11.8 Å². The largest absolute Gasteiger partial charge is 0.486 e. The molecule has 1 aromatic carbocycles. The second-order valence-corrected chi connectivity index (χ2v) is 5.96. The lowest BCUT2D eigenvalue weighted by Gasteiger charge is -2.43. The molecule has 17 heavy (non-hydrogen) atoms. The quantitative estimate of drug-likeness (QED) is 0.754. The van der Waals surface area contributed by atoms with Crippen LogP contribution in [0.4, 0.5) is 5.69 Å². The fourth-order valence-electron chi connectivity index (χ4n) is 3.20. The molecule has 3 rings (SSSR count). The predicted octanol–water partition coefficient (Wildman–Crippen LogP) is 3.95. The van der Waals surface area contributed by atoms with Crippen LogP contribution in [0.1, 0.15) is 26.7 Å². The summed E-state index contributed by atoms with van der Waals surface area (Å²) in [5.74, 6) is 2.31. The van der Waals surface area contributed by atoms with Gasteiger partial charge in [0, 0.05) is 11.1 Å². The Morgan fingerprint density at radius 3 is 2.94 bits per heavy atom. The maximum absolute atomic E-state index is 6.11. The molecule has 0 aromatic heterocycles. The Morgan fingerprint density at radius 2 is 2.12 bits per heavy atom. The van der Waals surface area contributed by atoms with Crippen molar-refractivity contribution in [2.75, 3.05) is 5.32 Å². The number of anilines is 1. The lowest BCUT2D eigenvalue weighted by Crippen LogP contribution is -2.49. The molecule has 4 unspecified atom stereocenters. The Balaban J connectivity index is 1.91. The van der Waals surface area contributed by atoms with Crippen molar-refractivity contribution in [3.05, 3.63) is 23.2 Å². The number of fused-ring (bicyclic) bond motifs is 2. The number of rotatable bonds is 0. The average molecular weight is 252 g/mol. The molecule has 2 nitrogen and oxygen atoms in total. The molecule has 0 spiro atoms. The fraction of sp³-hybridized carbons (Fsp3) is 0.571. The van der Waals surface area contributed by atoms with Crippen molar-refractivity contribution < 1.29 is 4.74 Å². The molecule has 1 aliphatic heterocycles. The third-order valence-corrected chi connectivity index (χ3v) is 4.20. The van der Waals surface area contributed by atoms with Crippen molar-refractivity contribution in [2.24, 2.45) is 11.8 Å². The molecule has 1 fully saturated rings. The minimum Gasteiger partial charge on any atom is -0.486 e. The maximum Gasteiger partial charge on any atom is 0.144 e. The maximum atomic E-state index is 6.11. The van der Waals surface area contributed by atoms with Crippen molar-refractivity contribution in [1.82, 2.24) is 0 Å². The second-order valence-electron chi connectivity index (χ2n) is 5.52. The topological polar surface area (TPSA) is 21.3 Å². The van der Waals surface area contributed by atoms with Crippen molar-refractivity contribution in [3.63, 3.8) is 0 Å². The van der Waals surface area contributed by atoms with Crippen LogP contribution in [0.2, 0.25) is 5.02 Å². The van der Waals surface area contributed by atoms with E-state index < -0.39 is 0 Å². The highest BCUT2D eigenvalue weighted by molar-refractivity contribution is 6.30. The van der Waals surface area contributed by atoms with Crippen LogP contribution in [0.5, 0.6) is 5.75 Å². The average Bonchev–Trinajstić information content (AvgIpc) is 2.26. The first kappa shape index (κ1) is 11.2. The van der Waals surface area contributed by atoms with Crippen molar-refractivity contribution in [3.8, 4) is 5.75 Å². The van der Waals surface area contributed by atoms with E-state index in [4.69, 9.17) is 16.3 Å². The van der Waals surface area contributed by atoms with Gasteiger partial charge in [-0.15, -0.1) is 0 Å². The molecular formula is C14H18ClNO. The molecule has 4 atom stereocenters. The van der Waals surface area contributed by atoms with E-state index in [-0.39, 0.29) is 0 Å². The lowest BCUT2D eigenvalue weighted by molar-refractivity contribution is 0.0776. The Morgan fingerprint density at radius 1 is 1.29 bits per heavy atom. The standard InChI is InChI=1S/C14H18ClNO/c1-8-5-9(2)14-13(6-8)17-12-7-10(15)3-4-11(12)16-14/h3-4,7-9,13-14,16H,5-6H2,1-2H3. The molecule has 92 valence electrons. The third kappa shape index (κ3) is 1.99. The predicted molar refractivity (Wildman–Crippen MR) is 70.8 cm³/mol. The van der Waals surface area contributed by atoms with E-state index in [0.29, 0.717) is 18.1 Å². The van der Waals surface area contributed by atoms with Crippen LogP contribution in [0.25, 0.3) is 0 Å². The molecule has 0 amide bonds. The van der Waals surface area contributed by atoms with Gasteiger partial charge in [0.1, 0.15) is 11.9 Å². The highest BCUT2D eigenvalue weighted by Gasteiger charge is 2.38. The van der Waals surface area contributed by atoms with Gasteiger partial charge in [0.05, 0.1) is 11.7 Å². The van der Waals surface area contributed by atoms with Gasteiger partial charge in [-0.2, -0.15) is 0 Å². The van der Waals surface area contributed by atoms with Gasteiger partial charge >= 0.3 is 0 Å². The van der Waals surface area contributed by atoms with Gasteiger partial charge in [-0.05, 0) is 36.8 Å². The molecular weight excluding hydrogens is 234 g/mol. The van der Waals surface area contributed by atoms with Gasteiger partial charge in [-0.25, -0.2) is 0 Å². The third-order valence-electron chi connectivity index (χ3n) is 3.97. The monoisotopic (exact) mass is 251 g/mol. The van der Waals surface area contributed by atoms with E-state index in [9.17, 15) is 0 Å². The zero-order valence-electron chi connectivity index (χ0n) is 10.2. The highest BCUT2D eigenvalue weighted by atomic mass is 35.5. The van der Waals surface area contributed by atoms with Crippen LogP contribution in [-0.2, 0) is 0 Å². The molecule has 1 aliphatic carbocycles. The summed E-state index contributed by atoms with van der Waals surface area (Å²) in [5.41, 5.74) is 1.08. The van der Waals surface area contributed by atoms with E-state index in [1.54, 1.807) is 0 Å². The Labute approximate surface area is 107 Å². The molecule has 1 N–H and O–H groups in total. The van der Waals surface area contributed by atoms with Gasteiger partial charge in [0.2, 0.25) is 0 Å². The Kier molecular flexibility index (Phi) is 2.70. The van der Waals surface area contributed by atoms with Gasteiger partial charge in [0.15, 0.2) is 0 Å². The first-order valence-electron chi connectivity index (χ1n) is 6.36. The lowest BCUT2D eigenvalue weighted by atomic mass is 9.77. The van der Waals surface area contributed by atoms with Gasteiger partial charge in [-0.1, -0.05) is 25.4 Å². The van der Waals surface area contributed by atoms with Crippen molar-refractivity contribution in [2.45, 2.75) is 38.8 Å². The molecule has 0 bridgehead atoms. The molecule has 2 aliphatic rings. The first-order chi connectivity index (χ1) is 8.13. The molecule has 1 saturated carbocycles. The summed E-state index contributed by atoms with van der Waals surface area (Å²) in [7, 11) is 0. The van der Waals surface area contributed by atoms with E-state index in [1.165, 1.54) is 6.42 Å². The summed E-state index contributed by atoms with van der Waals surface area (Å²) < 4.78 is 6.11. The van der Waals surface area contributed by atoms with Crippen LogP contribution in [0.15, 0.2) is 18.2 Å². The number of benzene rings is 1. The van der Waals surface area contributed by atoms with E-state index in [1.807, 2.05) is 18.2 Å². The minimum atomic E-state index is 0.291. The first-order valence-corrected chi connectivity index (χ1v) is 6.74. The Bertz CT molecular complexity index is 434. The van der Waals surface area contributed by atoms with Crippen LogP contribution < -0.4 is 10.1 Å². The van der Waals surface area contributed by atoms with E-state index >= 15 is 0 Å². The van der Waals surface area contributed by atoms with Crippen molar-refractivity contribution >= 4 is 17.3 Å². The van der Waals surface area contributed by atoms with Gasteiger partial charge in [-0.3, -0.25) is 0 Å². The second kappa shape index (κ2) is 4.09. The fourth-order valence-corrected chi connectivity index (χ4v) is 3.36. The van der Waals surface area contributed by atoms with Gasteiger partial charge < -0.3 is 10.1 Å². The molecule has 3 heteroatoms. The number of halogens is 1. The molecule has 1 heterocycles. The van der Waals surface area contributed by atoms with E-state index in [0.717, 1.165) is 28.8 Å². The van der Waals surface area contributed by atoms with E-state index in [2.05, 4.69) is 19.2 Å². The number of ether oxygens (including phenoxy) is 1. The van der Waals surface area contributed by atoms with Crippen molar-refractivity contribution in [1.29, 1.82) is 0 Å². The molecule has 0 radical (unpaired) electrons. The summed E-state index contributed by atoms with van der Waals surface area (Å²) >= 11 is 6.00. The summed E-state index contributed by atoms with van der Waals surface area (Å²) in [6.45, 7) is 4.62. The highest BCUT2D eigenvalue weighted by Crippen LogP contribution is 2.41. The normalized spacial score (nSPS) is 35.2. The number of nitrogens with one attached hydrogen (secondary N) is 1. The number of hydrogen-bond acceptors (Lipinski definition) is 2. The zero-order chi connectivity index (χ0) is 12.0. The molecule has 0 saturated heterocycles. The Hall–Kier alpha value is -0.890.